The van der Waals surface area contributed by atoms with E-state index in [9.17, 15) is 13.2 Å². The van der Waals surface area contributed by atoms with Gasteiger partial charge in [-0.05, 0) is 30.6 Å². The molecule has 2 atom stereocenters. The van der Waals surface area contributed by atoms with Crippen molar-refractivity contribution in [2.75, 3.05) is 6.61 Å². The van der Waals surface area contributed by atoms with Gasteiger partial charge in [0.2, 0.25) is 5.60 Å². The molecule has 0 N–H and O–H groups in total. The summed E-state index contributed by atoms with van der Waals surface area (Å²) < 4.78 is 50.4. The molecule has 0 aliphatic carbocycles. The molecule has 0 aromatic heterocycles. The molecule has 112 valence electrons. The quantitative estimate of drug-likeness (QED) is 0.783. The number of halogens is 3. The van der Waals surface area contributed by atoms with Gasteiger partial charge in [-0.3, -0.25) is 0 Å². The van der Waals surface area contributed by atoms with E-state index in [0.717, 1.165) is 18.9 Å². The third-order valence-corrected chi connectivity index (χ3v) is 3.63. The Morgan fingerprint density at radius 3 is 2.57 bits per heavy atom. The van der Waals surface area contributed by atoms with Crippen molar-refractivity contribution < 1.29 is 22.6 Å². The van der Waals surface area contributed by atoms with Gasteiger partial charge in [-0.15, -0.1) is 0 Å². The summed E-state index contributed by atoms with van der Waals surface area (Å²) in [6, 6.07) is 8.85. The zero-order chi connectivity index (χ0) is 14.9. The highest BCUT2D eigenvalue weighted by molar-refractivity contribution is 5.53. The van der Waals surface area contributed by atoms with E-state index in [2.05, 4.69) is 0 Å². The number of hydrogen-bond donors (Lipinski definition) is 0. The van der Waals surface area contributed by atoms with Crippen LogP contribution in [0.3, 0.4) is 0 Å². The van der Waals surface area contributed by atoms with Crippen LogP contribution in [-0.4, -0.2) is 24.5 Å². The fourth-order valence-electron chi connectivity index (χ4n) is 2.41. The zero-order valence-corrected chi connectivity index (χ0v) is 11.3. The number of allylic oxidation sites excluding steroid dienone is 1. The molecule has 3 rings (SSSR count). The highest BCUT2D eigenvalue weighted by atomic mass is 19.4. The lowest BCUT2D eigenvalue weighted by Gasteiger charge is -2.17. The van der Waals surface area contributed by atoms with E-state index < -0.39 is 17.9 Å². The highest BCUT2D eigenvalue weighted by Crippen LogP contribution is 2.54. The molecule has 21 heavy (non-hydrogen) atoms. The van der Waals surface area contributed by atoms with Crippen molar-refractivity contribution >= 4 is 6.08 Å². The second-order valence-electron chi connectivity index (χ2n) is 5.13. The number of benzene rings is 1. The predicted octanol–water partition coefficient (Wildman–Crippen LogP) is 4.09. The third kappa shape index (κ3) is 2.70. The van der Waals surface area contributed by atoms with E-state index in [4.69, 9.17) is 9.47 Å². The molecule has 1 aromatic rings. The number of ether oxygens (including phenoxy) is 2. The maximum Gasteiger partial charge on any atom is 0.424 e. The van der Waals surface area contributed by atoms with Crippen molar-refractivity contribution in [1.82, 2.24) is 0 Å². The van der Waals surface area contributed by atoms with Gasteiger partial charge in [0, 0.05) is 0 Å². The van der Waals surface area contributed by atoms with Gasteiger partial charge < -0.3 is 9.47 Å². The lowest BCUT2D eigenvalue weighted by atomic mass is 10.00. The molecule has 2 nitrogen and oxygen atoms in total. The molecule has 0 bridgehead atoms. The van der Waals surface area contributed by atoms with E-state index in [0.29, 0.717) is 17.9 Å². The average molecular weight is 296 g/mol. The minimum Gasteiger partial charge on any atom is -0.495 e. The van der Waals surface area contributed by atoms with Gasteiger partial charge in [0.25, 0.3) is 0 Å². The fraction of sp³-hybridized carbons (Fsp3) is 0.375. The van der Waals surface area contributed by atoms with Gasteiger partial charge >= 0.3 is 6.18 Å². The van der Waals surface area contributed by atoms with Crippen LogP contribution in [0, 0.1) is 0 Å². The summed E-state index contributed by atoms with van der Waals surface area (Å²) in [6.45, 7) is 0.446. The molecule has 2 heterocycles. The fourth-order valence-corrected chi connectivity index (χ4v) is 2.41. The minimum absolute atomic E-state index is 0.302. The second-order valence-corrected chi connectivity index (χ2v) is 5.13. The second kappa shape index (κ2) is 5.22. The Balaban J connectivity index is 1.84. The Hall–Kier alpha value is -1.75. The van der Waals surface area contributed by atoms with Crippen LogP contribution in [0.1, 0.15) is 18.4 Å². The first-order valence-corrected chi connectivity index (χ1v) is 6.85. The van der Waals surface area contributed by atoms with Crippen LogP contribution in [-0.2, 0) is 9.47 Å². The molecule has 1 aromatic carbocycles. The molecule has 5 heteroatoms. The number of epoxide rings is 1. The Kier molecular flexibility index (Phi) is 3.53. The van der Waals surface area contributed by atoms with Gasteiger partial charge in [0.1, 0.15) is 5.76 Å². The van der Waals surface area contributed by atoms with Gasteiger partial charge in [-0.2, -0.15) is 13.2 Å². The number of alkyl halides is 3. The first kappa shape index (κ1) is 14.2. The molecule has 1 saturated heterocycles. The van der Waals surface area contributed by atoms with Crippen LogP contribution >= 0.6 is 0 Å². The zero-order valence-electron chi connectivity index (χ0n) is 11.3. The molecular formula is C16H15F3O2. The lowest BCUT2D eigenvalue weighted by Crippen LogP contribution is -2.34. The third-order valence-electron chi connectivity index (χ3n) is 3.63. The summed E-state index contributed by atoms with van der Waals surface area (Å²) in [6.07, 6.45) is 0.254. The molecule has 1 fully saturated rings. The molecule has 0 amide bonds. The van der Waals surface area contributed by atoms with Gasteiger partial charge in [-0.25, -0.2) is 0 Å². The van der Waals surface area contributed by atoms with E-state index in [1.807, 2.05) is 6.07 Å². The van der Waals surface area contributed by atoms with E-state index in [-0.39, 0.29) is 0 Å². The summed E-state index contributed by atoms with van der Waals surface area (Å²) in [7, 11) is 0. The van der Waals surface area contributed by atoms with Crippen molar-refractivity contribution in [2.45, 2.75) is 30.7 Å². The van der Waals surface area contributed by atoms with Crippen LogP contribution in [0.5, 0.6) is 0 Å². The molecule has 0 unspecified atom stereocenters. The van der Waals surface area contributed by atoms with Crippen molar-refractivity contribution in [2.24, 2.45) is 0 Å². The topological polar surface area (TPSA) is 21.8 Å². The van der Waals surface area contributed by atoms with E-state index in [1.54, 1.807) is 30.3 Å². The monoisotopic (exact) mass is 296 g/mol. The average Bonchev–Trinajstić information content (AvgIpc) is 3.23. The van der Waals surface area contributed by atoms with Gasteiger partial charge in [0.15, 0.2) is 6.10 Å². The van der Waals surface area contributed by atoms with Crippen LogP contribution in [0.25, 0.3) is 6.08 Å². The Morgan fingerprint density at radius 1 is 1.19 bits per heavy atom. The Morgan fingerprint density at radius 2 is 1.95 bits per heavy atom. The van der Waals surface area contributed by atoms with Crippen molar-refractivity contribution in [1.29, 1.82) is 0 Å². The number of rotatable bonds is 3. The van der Waals surface area contributed by atoms with Crippen LogP contribution < -0.4 is 0 Å². The summed E-state index contributed by atoms with van der Waals surface area (Å²) in [5.74, 6) is 0.302. The van der Waals surface area contributed by atoms with Crippen molar-refractivity contribution in [3.8, 4) is 0 Å². The summed E-state index contributed by atoms with van der Waals surface area (Å²) in [4.78, 5) is 0. The molecular weight excluding hydrogens is 281 g/mol. The molecule has 0 radical (unpaired) electrons. The van der Waals surface area contributed by atoms with E-state index >= 15 is 0 Å². The highest BCUT2D eigenvalue weighted by Gasteiger charge is 2.73. The van der Waals surface area contributed by atoms with Crippen LogP contribution in [0.4, 0.5) is 13.2 Å². The van der Waals surface area contributed by atoms with Crippen LogP contribution in [0.15, 0.2) is 48.2 Å². The molecule has 2 aliphatic heterocycles. The summed E-state index contributed by atoms with van der Waals surface area (Å²) in [5, 5.41) is 0. The van der Waals surface area contributed by atoms with E-state index in [1.165, 1.54) is 6.08 Å². The minimum atomic E-state index is -4.47. The SMILES string of the molecule is FC(F)(F)[C@]1(/C=C/c2ccccc2)O[C@H]1C1=CCCCO1. The van der Waals surface area contributed by atoms with Crippen LogP contribution in [0.2, 0.25) is 0 Å². The Labute approximate surface area is 120 Å². The maximum absolute atomic E-state index is 13.3. The smallest absolute Gasteiger partial charge is 0.424 e. The molecule has 0 saturated carbocycles. The lowest BCUT2D eigenvalue weighted by molar-refractivity contribution is -0.169. The first-order valence-electron chi connectivity index (χ1n) is 6.85. The number of hydrogen-bond acceptors (Lipinski definition) is 2. The summed E-state index contributed by atoms with van der Waals surface area (Å²) >= 11 is 0. The molecule has 0 spiro atoms. The standard InChI is InChI=1S/C16H15F3O2/c17-16(18,19)15(10-9-12-6-2-1-3-7-12)14(21-15)13-8-4-5-11-20-13/h1-3,6-10,14H,4-5,11H2/b10-9+/t14-,15+/m0/s1. The first-order chi connectivity index (χ1) is 10.0. The van der Waals surface area contributed by atoms with Gasteiger partial charge in [-0.1, -0.05) is 36.4 Å². The van der Waals surface area contributed by atoms with Crippen molar-refractivity contribution in [3.05, 3.63) is 53.8 Å². The molecule has 2 aliphatic rings. The predicted molar refractivity (Wildman–Crippen MR) is 72.4 cm³/mol. The maximum atomic E-state index is 13.3. The Bertz CT molecular complexity index is 563. The summed E-state index contributed by atoms with van der Waals surface area (Å²) in [5.41, 5.74) is -1.56. The largest absolute Gasteiger partial charge is 0.495 e. The normalized spacial score (nSPS) is 29.1. The van der Waals surface area contributed by atoms with Gasteiger partial charge in [0.05, 0.1) is 6.61 Å². The van der Waals surface area contributed by atoms with Crippen molar-refractivity contribution in [3.63, 3.8) is 0 Å².